The molecule has 1 aliphatic rings. The summed E-state index contributed by atoms with van der Waals surface area (Å²) in [5.74, 6) is 0.908. The molecule has 33 heavy (non-hydrogen) atoms. The van der Waals surface area contributed by atoms with Gasteiger partial charge in [0.1, 0.15) is 5.69 Å². The van der Waals surface area contributed by atoms with Gasteiger partial charge in [-0.25, -0.2) is 9.78 Å². The van der Waals surface area contributed by atoms with E-state index in [2.05, 4.69) is 55.4 Å². The van der Waals surface area contributed by atoms with E-state index in [1.807, 2.05) is 21.5 Å². The van der Waals surface area contributed by atoms with Gasteiger partial charge in [0.05, 0.1) is 6.61 Å². The smallest absolute Gasteiger partial charge is 0.317 e. The van der Waals surface area contributed by atoms with Crippen molar-refractivity contribution in [1.82, 2.24) is 24.8 Å². The van der Waals surface area contributed by atoms with E-state index in [4.69, 9.17) is 14.8 Å². The molecule has 1 saturated heterocycles. The zero-order valence-corrected chi connectivity index (χ0v) is 20.8. The van der Waals surface area contributed by atoms with Crippen molar-refractivity contribution < 1.29 is 9.53 Å². The van der Waals surface area contributed by atoms with Crippen LogP contribution in [0.25, 0.3) is 16.2 Å². The summed E-state index contributed by atoms with van der Waals surface area (Å²) >= 11 is 1.58. The Morgan fingerprint density at radius 3 is 2.58 bits per heavy atom. The van der Waals surface area contributed by atoms with Crippen LogP contribution in [0, 0.1) is 6.92 Å². The first kappa shape index (κ1) is 23.3. The van der Waals surface area contributed by atoms with Gasteiger partial charge in [0.25, 0.3) is 0 Å². The standard InChI is InChI=1S/C23H33N7O2S/c1-16-8-6-7-9-17(16)18-19(26-23(2,3)4)30-21(25-18)33-22(27-30)29-13-11-28(12-14-29)20(31)24-10-15-32-5/h6-9,26H,10-15H2,1-5H3,(H,24,31). The Morgan fingerprint density at radius 1 is 1.18 bits per heavy atom. The van der Waals surface area contributed by atoms with Crippen molar-refractivity contribution in [3.8, 4) is 11.3 Å². The van der Waals surface area contributed by atoms with Gasteiger partial charge in [-0.2, -0.15) is 4.52 Å². The van der Waals surface area contributed by atoms with Crippen molar-refractivity contribution in [1.29, 1.82) is 0 Å². The number of fused-ring (bicyclic) bond motifs is 1. The summed E-state index contributed by atoms with van der Waals surface area (Å²) < 4.78 is 6.92. The normalized spacial score (nSPS) is 14.7. The van der Waals surface area contributed by atoms with Gasteiger partial charge in [-0.3, -0.25) is 0 Å². The highest BCUT2D eigenvalue weighted by Crippen LogP contribution is 2.36. The predicted octanol–water partition coefficient (Wildman–Crippen LogP) is 3.45. The molecule has 3 aromatic rings. The van der Waals surface area contributed by atoms with Crippen molar-refractivity contribution in [3.05, 3.63) is 29.8 Å². The number of aromatic nitrogens is 3. The molecule has 0 spiro atoms. The van der Waals surface area contributed by atoms with E-state index in [0.717, 1.165) is 40.3 Å². The van der Waals surface area contributed by atoms with Crippen LogP contribution in [0.1, 0.15) is 26.3 Å². The van der Waals surface area contributed by atoms with E-state index >= 15 is 0 Å². The zero-order valence-electron chi connectivity index (χ0n) is 20.0. The van der Waals surface area contributed by atoms with Crippen LogP contribution < -0.4 is 15.5 Å². The number of amides is 2. The second-order valence-corrected chi connectivity index (χ2v) is 10.2. The lowest BCUT2D eigenvalue weighted by molar-refractivity contribution is 0.177. The quantitative estimate of drug-likeness (QED) is 0.536. The summed E-state index contributed by atoms with van der Waals surface area (Å²) in [7, 11) is 1.63. The van der Waals surface area contributed by atoms with E-state index in [1.54, 1.807) is 18.4 Å². The van der Waals surface area contributed by atoms with E-state index in [1.165, 1.54) is 5.56 Å². The summed E-state index contributed by atoms with van der Waals surface area (Å²) in [6.07, 6.45) is 0. The molecule has 4 rings (SSSR count). The summed E-state index contributed by atoms with van der Waals surface area (Å²) in [6, 6.07) is 8.25. The molecule has 0 saturated carbocycles. The molecule has 0 unspecified atom stereocenters. The molecule has 2 aromatic heterocycles. The summed E-state index contributed by atoms with van der Waals surface area (Å²) in [5.41, 5.74) is 3.07. The highest BCUT2D eigenvalue weighted by atomic mass is 32.1. The predicted molar refractivity (Wildman–Crippen MR) is 133 cm³/mol. The molecule has 0 aliphatic carbocycles. The number of methoxy groups -OCH3 is 1. The fourth-order valence-electron chi connectivity index (χ4n) is 3.83. The number of urea groups is 1. The molecule has 0 radical (unpaired) electrons. The van der Waals surface area contributed by atoms with E-state index in [9.17, 15) is 4.79 Å². The Bertz CT molecular complexity index is 1110. The number of piperazine rings is 1. The summed E-state index contributed by atoms with van der Waals surface area (Å²) in [6.45, 7) is 12.3. The van der Waals surface area contributed by atoms with Crippen molar-refractivity contribution in [3.63, 3.8) is 0 Å². The maximum atomic E-state index is 12.3. The van der Waals surface area contributed by atoms with Gasteiger partial charge < -0.3 is 25.2 Å². The number of rotatable bonds is 6. The first-order valence-corrected chi connectivity index (χ1v) is 12.1. The first-order valence-electron chi connectivity index (χ1n) is 11.3. The lowest BCUT2D eigenvalue weighted by Gasteiger charge is -2.34. The molecule has 1 aromatic carbocycles. The lowest BCUT2D eigenvalue weighted by Crippen LogP contribution is -2.52. The molecule has 10 heteroatoms. The Balaban J connectivity index is 1.55. The molecule has 1 fully saturated rings. The molecule has 9 nitrogen and oxygen atoms in total. The number of ether oxygens (including phenoxy) is 1. The van der Waals surface area contributed by atoms with Crippen LogP contribution in [-0.2, 0) is 4.74 Å². The Morgan fingerprint density at radius 2 is 1.91 bits per heavy atom. The van der Waals surface area contributed by atoms with Gasteiger partial charge in [0.15, 0.2) is 5.82 Å². The number of hydrogen-bond acceptors (Lipinski definition) is 7. The molecule has 2 N–H and O–H groups in total. The highest BCUT2D eigenvalue weighted by molar-refractivity contribution is 7.20. The van der Waals surface area contributed by atoms with Crippen LogP contribution in [-0.4, -0.2) is 77.5 Å². The number of imidazole rings is 1. The SMILES string of the molecule is COCCNC(=O)N1CCN(c2nn3c(NC(C)(C)C)c(-c4ccccc4C)nc3s2)CC1. The number of carbonyl (C=O) groups excluding carboxylic acids is 1. The van der Waals surface area contributed by atoms with Crippen LogP contribution in [0.4, 0.5) is 15.7 Å². The molecule has 1 aliphatic heterocycles. The van der Waals surface area contributed by atoms with Crippen molar-refractivity contribution in [2.75, 3.05) is 56.7 Å². The van der Waals surface area contributed by atoms with Crippen LogP contribution in [0.3, 0.4) is 0 Å². The van der Waals surface area contributed by atoms with Gasteiger partial charge >= 0.3 is 6.03 Å². The van der Waals surface area contributed by atoms with Crippen LogP contribution in [0.5, 0.6) is 0 Å². The zero-order chi connectivity index (χ0) is 23.6. The Kier molecular flexibility index (Phi) is 6.76. The van der Waals surface area contributed by atoms with Gasteiger partial charge in [0, 0.05) is 50.9 Å². The summed E-state index contributed by atoms with van der Waals surface area (Å²) in [5, 5.41) is 12.4. The second-order valence-electron chi connectivity index (χ2n) is 9.28. The third-order valence-corrected chi connectivity index (χ3v) is 6.48. The van der Waals surface area contributed by atoms with Gasteiger partial charge in [0.2, 0.25) is 10.1 Å². The highest BCUT2D eigenvalue weighted by Gasteiger charge is 2.26. The number of nitrogens with zero attached hydrogens (tertiary/aromatic N) is 5. The fourth-order valence-corrected chi connectivity index (χ4v) is 4.79. The van der Waals surface area contributed by atoms with Crippen LogP contribution in [0.2, 0.25) is 0 Å². The fraction of sp³-hybridized carbons (Fsp3) is 0.522. The van der Waals surface area contributed by atoms with Gasteiger partial charge in [-0.1, -0.05) is 35.6 Å². The Hall–Kier alpha value is -2.85. The topological polar surface area (TPSA) is 87.0 Å². The van der Waals surface area contributed by atoms with E-state index < -0.39 is 0 Å². The number of carbonyl (C=O) groups is 1. The number of anilines is 2. The number of hydrogen-bond donors (Lipinski definition) is 2. The number of benzene rings is 1. The third kappa shape index (κ3) is 5.22. The van der Waals surface area contributed by atoms with Crippen LogP contribution in [0.15, 0.2) is 24.3 Å². The lowest BCUT2D eigenvalue weighted by atomic mass is 10.0. The number of nitrogens with one attached hydrogen (secondary N) is 2. The average molecular weight is 472 g/mol. The van der Waals surface area contributed by atoms with E-state index in [-0.39, 0.29) is 11.6 Å². The molecule has 0 atom stereocenters. The van der Waals surface area contributed by atoms with Crippen molar-refractivity contribution in [2.45, 2.75) is 33.2 Å². The minimum Gasteiger partial charge on any atom is -0.383 e. The first-order chi connectivity index (χ1) is 15.8. The average Bonchev–Trinajstić information content (AvgIpc) is 3.33. The Labute approximate surface area is 198 Å². The van der Waals surface area contributed by atoms with Crippen molar-refractivity contribution in [2.24, 2.45) is 0 Å². The van der Waals surface area contributed by atoms with Gasteiger partial charge in [-0.05, 0) is 33.3 Å². The minimum atomic E-state index is -0.140. The van der Waals surface area contributed by atoms with Crippen LogP contribution >= 0.6 is 11.3 Å². The second kappa shape index (κ2) is 9.56. The molecular weight excluding hydrogens is 438 g/mol. The molecular formula is C23H33N7O2S. The van der Waals surface area contributed by atoms with E-state index in [0.29, 0.717) is 26.2 Å². The maximum Gasteiger partial charge on any atom is 0.317 e. The van der Waals surface area contributed by atoms with Gasteiger partial charge in [-0.15, -0.1) is 5.10 Å². The molecule has 3 heterocycles. The number of aryl methyl sites for hydroxylation is 1. The maximum absolute atomic E-state index is 12.3. The molecule has 0 bridgehead atoms. The third-order valence-electron chi connectivity index (χ3n) is 5.51. The summed E-state index contributed by atoms with van der Waals surface area (Å²) in [4.78, 5) is 22.2. The minimum absolute atomic E-state index is 0.0415. The monoisotopic (exact) mass is 471 g/mol. The molecule has 2 amide bonds. The van der Waals surface area contributed by atoms with Crippen molar-refractivity contribution >= 4 is 33.3 Å². The molecule has 178 valence electrons. The largest absolute Gasteiger partial charge is 0.383 e.